The minimum atomic E-state index is -0.542. The third kappa shape index (κ3) is 4.65. The average molecular weight is 402 g/mol. The van der Waals surface area contributed by atoms with Gasteiger partial charge < -0.3 is 11.2 Å². The summed E-state index contributed by atoms with van der Waals surface area (Å²) in [4.78, 5) is 24.2. The van der Waals surface area contributed by atoms with Gasteiger partial charge in [-0.2, -0.15) is 4.68 Å². The van der Waals surface area contributed by atoms with E-state index < -0.39 is 10.8 Å². The van der Waals surface area contributed by atoms with Crippen LogP contribution in [0, 0.1) is 6.92 Å². The second kappa shape index (κ2) is 8.07. The van der Waals surface area contributed by atoms with Crippen molar-refractivity contribution in [1.29, 1.82) is 0 Å². The molecule has 1 aromatic carbocycles. The Morgan fingerprint density at radius 3 is 2.64 bits per heavy atom. The van der Waals surface area contributed by atoms with Crippen LogP contribution in [0.4, 0.5) is 0 Å². The Kier molecular flexibility index (Phi) is 6.31. The molecule has 0 fully saturated rings. The normalized spacial score (nSPS) is 13.3. The van der Waals surface area contributed by atoms with Crippen LogP contribution in [0.15, 0.2) is 28.2 Å². The molecule has 0 radical (unpaired) electrons. The molecule has 2 atom stereocenters. The maximum atomic E-state index is 12.4. The van der Waals surface area contributed by atoms with Gasteiger partial charge in [0.15, 0.2) is 0 Å². The van der Waals surface area contributed by atoms with E-state index in [0.29, 0.717) is 10.0 Å². The molecule has 2 aromatic rings. The van der Waals surface area contributed by atoms with E-state index in [9.17, 15) is 9.59 Å². The largest absolute Gasteiger partial charge is 0.349 e. The number of halogens is 2. The SMILES string of the molecule is Cc1nnc(S[C@@H](C)C(=O)N[C@H](C)c2ccc(Cl)cc2Cl)n(N)c1=O. The molecule has 0 saturated carbocycles. The minimum Gasteiger partial charge on any atom is -0.349 e. The minimum absolute atomic E-state index is 0.162. The summed E-state index contributed by atoms with van der Waals surface area (Å²) in [5.41, 5.74) is 0.490. The Labute approximate surface area is 158 Å². The smallest absolute Gasteiger partial charge is 0.294 e. The molecule has 7 nitrogen and oxygen atoms in total. The summed E-state index contributed by atoms with van der Waals surface area (Å²) >= 11 is 13.1. The molecule has 2 rings (SSSR count). The maximum absolute atomic E-state index is 12.4. The molecule has 0 spiro atoms. The number of nitrogens with one attached hydrogen (secondary N) is 1. The average Bonchev–Trinajstić information content (AvgIpc) is 2.55. The topological polar surface area (TPSA) is 103 Å². The predicted molar refractivity (Wildman–Crippen MR) is 99.5 cm³/mol. The number of benzene rings is 1. The molecule has 0 aliphatic heterocycles. The number of nitrogens with zero attached hydrogens (tertiary/aromatic N) is 3. The number of nitrogens with two attached hydrogens (primary N) is 1. The van der Waals surface area contributed by atoms with Crippen molar-refractivity contribution in [1.82, 2.24) is 20.2 Å². The lowest BCUT2D eigenvalue weighted by molar-refractivity contribution is -0.120. The van der Waals surface area contributed by atoms with Gasteiger partial charge in [-0.05, 0) is 38.5 Å². The number of carbonyl (C=O) groups excluding carboxylic acids is 1. The van der Waals surface area contributed by atoms with Gasteiger partial charge in [-0.15, -0.1) is 10.2 Å². The van der Waals surface area contributed by atoms with Gasteiger partial charge in [0.05, 0.1) is 11.3 Å². The summed E-state index contributed by atoms with van der Waals surface area (Å²) < 4.78 is 0.885. The van der Waals surface area contributed by atoms with Crippen molar-refractivity contribution in [3.8, 4) is 0 Å². The van der Waals surface area contributed by atoms with Crippen LogP contribution < -0.4 is 16.7 Å². The predicted octanol–water partition coefficient (Wildman–Crippen LogP) is 2.33. The van der Waals surface area contributed by atoms with Gasteiger partial charge in [0, 0.05) is 10.0 Å². The molecule has 1 aromatic heterocycles. The zero-order chi connectivity index (χ0) is 18.7. The molecule has 10 heteroatoms. The van der Waals surface area contributed by atoms with Crippen molar-refractivity contribution in [2.45, 2.75) is 37.2 Å². The number of rotatable bonds is 5. The fourth-order valence-electron chi connectivity index (χ4n) is 2.02. The highest BCUT2D eigenvalue weighted by molar-refractivity contribution is 8.00. The van der Waals surface area contributed by atoms with E-state index in [-0.39, 0.29) is 22.8 Å². The van der Waals surface area contributed by atoms with Gasteiger partial charge in [0.2, 0.25) is 11.1 Å². The molecular weight excluding hydrogens is 385 g/mol. The summed E-state index contributed by atoms with van der Waals surface area (Å²) in [7, 11) is 0. The van der Waals surface area contributed by atoms with Crippen LogP contribution in [0.2, 0.25) is 10.0 Å². The van der Waals surface area contributed by atoms with E-state index in [1.54, 1.807) is 25.1 Å². The molecule has 25 heavy (non-hydrogen) atoms. The summed E-state index contributed by atoms with van der Waals surface area (Å²) in [6.07, 6.45) is 0. The first-order valence-corrected chi connectivity index (χ1v) is 8.97. The van der Waals surface area contributed by atoms with Gasteiger partial charge in [0.1, 0.15) is 5.69 Å². The molecule has 0 unspecified atom stereocenters. The van der Waals surface area contributed by atoms with Crippen molar-refractivity contribution in [2.24, 2.45) is 0 Å². The number of amides is 1. The van der Waals surface area contributed by atoms with Crippen LogP contribution in [-0.2, 0) is 4.79 Å². The third-order valence-electron chi connectivity index (χ3n) is 3.46. The molecule has 134 valence electrons. The Morgan fingerprint density at radius 1 is 1.32 bits per heavy atom. The first-order chi connectivity index (χ1) is 11.7. The Hall–Kier alpha value is -1.77. The lowest BCUT2D eigenvalue weighted by atomic mass is 10.1. The van der Waals surface area contributed by atoms with Crippen LogP contribution in [0.3, 0.4) is 0 Å². The van der Waals surface area contributed by atoms with Crippen molar-refractivity contribution in [2.75, 3.05) is 5.84 Å². The fourth-order valence-corrected chi connectivity index (χ4v) is 3.37. The number of carbonyl (C=O) groups is 1. The molecule has 1 heterocycles. The van der Waals surface area contributed by atoms with Gasteiger partial charge in [-0.25, -0.2) is 0 Å². The van der Waals surface area contributed by atoms with Crippen molar-refractivity contribution in [3.05, 3.63) is 49.9 Å². The molecule has 0 saturated heterocycles. The lowest BCUT2D eigenvalue weighted by Crippen LogP contribution is -2.36. The van der Waals surface area contributed by atoms with Crippen LogP contribution >= 0.6 is 35.0 Å². The fraction of sp³-hybridized carbons (Fsp3) is 0.333. The lowest BCUT2D eigenvalue weighted by Gasteiger charge is -2.19. The van der Waals surface area contributed by atoms with E-state index in [4.69, 9.17) is 29.0 Å². The molecule has 0 aliphatic carbocycles. The summed E-state index contributed by atoms with van der Waals surface area (Å²) in [6.45, 7) is 5.01. The first-order valence-electron chi connectivity index (χ1n) is 7.34. The van der Waals surface area contributed by atoms with Crippen LogP contribution in [-0.4, -0.2) is 26.0 Å². The van der Waals surface area contributed by atoms with Crippen LogP contribution in [0.25, 0.3) is 0 Å². The number of nitrogen functional groups attached to an aromatic ring is 1. The van der Waals surface area contributed by atoms with Crippen molar-refractivity contribution in [3.63, 3.8) is 0 Å². The highest BCUT2D eigenvalue weighted by Gasteiger charge is 2.21. The number of thioether (sulfide) groups is 1. The van der Waals surface area contributed by atoms with Gasteiger partial charge >= 0.3 is 0 Å². The standard InChI is InChI=1S/C15H17Cl2N5O2S/c1-7(11-5-4-10(16)6-12(11)17)19-13(23)9(3)25-15-21-20-8(2)14(24)22(15)18/h4-7,9H,18H2,1-3H3,(H,19,23)/t7-,9+/m1/s1. The molecular formula is C15H17Cl2N5O2S. The molecule has 0 bridgehead atoms. The zero-order valence-electron chi connectivity index (χ0n) is 13.8. The Morgan fingerprint density at radius 2 is 2.00 bits per heavy atom. The molecule has 1 amide bonds. The summed E-state index contributed by atoms with van der Waals surface area (Å²) in [5, 5.41) is 11.1. The first kappa shape index (κ1) is 19.6. The number of hydrogen-bond acceptors (Lipinski definition) is 6. The maximum Gasteiger partial charge on any atom is 0.294 e. The Balaban J connectivity index is 2.07. The van der Waals surface area contributed by atoms with E-state index in [1.165, 1.54) is 6.92 Å². The second-order valence-corrected chi connectivity index (χ2v) is 7.55. The van der Waals surface area contributed by atoms with Crippen molar-refractivity contribution < 1.29 is 4.79 Å². The highest BCUT2D eigenvalue weighted by atomic mass is 35.5. The number of aromatic nitrogens is 3. The second-order valence-electron chi connectivity index (χ2n) is 5.40. The summed E-state index contributed by atoms with van der Waals surface area (Å²) in [6, 6.07) is 4.77. The zero-order valence-corrected chi connectivity index (χ0v) is 16.1. The van der Waals surface area contributed by atoms with Crippen LogP contribution in [0.5, 0.6) is 0 Å². The number of aryl methyl sites for hydroxylation is 1. The van der Waals surface area contributed by atoms with E-state index in [2.05, 4.69) is 15.5 Å². The van der Waals surface area contributed by atoms with Gasteiger partial charge in [0.25, 0.3) is 5.56 Å². The van der Waals surface area contributed by atoms with E-state index in [1.807, 2.05) is 6.92 Å². The van der Waals surface area contributed by atoms with Gasteiger partial charge in [-0.1, -0.05) is 41.0 Å². The molecule has 0 aliphatic rings. The number of hydrogen-bond donors (Lipinski definition) is 2. The summed E-state index contributed by atoms with van der Waals surface area (Å²) in [5.74, 6) is 5.43. The quantitative estimate of drug-likeness (QED) is 0.588. The monoisotopic (exact) mass is 401 g/mol. The highest BCUT2D eigenvalue weighted by Crippen LogP contribution is 2.27. The van der Waals surface area contributed by atoms with Gasteiger partial charge in [-0.3, -0.25) is 9.59 Å². The Bertz CT molecular complexity index is 858. The van der Waals surface area contributed by atoms with Crippen molar-refractivity contribution >= 4 is 40.9 Å². The van der Waals surface area contributed by atoms with E-state index in [0.717, 1.165) is 22.0 Å². The third-order valence-corrected chi connectivity index (χ3v) is 5.08. The van der Waals surface area contributed by atoms with Crippen LogP contribution in [0.1, 0.15) is 31.1 Å². The van der Waals surface area contributed by atoms with E-state index >= 15 is 0 Å². The molecule has 3 N–H and O–H groups in total.